The van der Waals surface area contributed by atoms with Gasteiger partial charge in [-0.25, -0.2) is 9.67 Å². The van der Waals surface area contributed by atoms with E-state index in [1.54, 1.807) is 0 Å². The second-order valence-electron chi connectivity index (χ2n) is 11.2. The van der Waals surface area contributed by atoms with Crippen molar-refractivity contribution in [3.05, 3.63) is 131 Å². The monoisotopic (exact) mass is 562 g/mol. The number of benzene rings is 4. The first-order valence-electron chi connectivity index (χ1n) is 14.8. The Morgan fingerprint density at radius 3 is 2.33 bits per heavy atom. The van der Waals surface area contributed by atoms with E-state index in [1.165, 1.54) is 33.2 Å². The number of nitrogens with zero attached hydrogens (tertiary/aromatic N) is 4. The molecule has 212 valence electrons. The van der Waals surface area contributed by atoms with Crippen molar-refractivity contribution in [3.8, 4) is 34.1 Å². The molecule has 0 saturated carbocycles. The van der Waals surface area contributed by atoms with Gasteiger partial charge in [-0.3, -0.25) is 4.57 Å². The fourth-order valence-corrected chi connectivity index (χ4v) is 6.35. The van der Waals surface area contributed by atoms with Gasteiger partial charge in [0.2, 0.25) is 0 Å². The van der Waals surface area contributed by atoms with Crippen LogP contribution in [0.2, 0.25) is 0 Å². The molecule has 0 aliphatic rings. The van der Waals surface area contributed by atoms with Crippen molar-refractivity contribution in [2.45, 2.75) is 41.0 Å². The predicted molar refractivity (Wildman–Crippen MR) is 176 cm³/mol. The Bertz CT molecular complexity index is 2150. The van der Waals surface area contributed by atoms with Crippen LogP contribution in [0.25, 0.3) is 44.4 Å². The minimum Gasteiger partial charge on any atom is -0.457 e. The number of hydrogen-bond acceptors (Lipinski definition) is 3. The molecule has 43 heavy (non-hydrogen) atoms. The predicted octanol–water partition coefficient (Wildman–Crippen LogP) is 9.62. The van der Waals surface area contributed by atoms with E-state index in [4.69, 9.17) is 14.8 Å². The Kier molecular flexibility index (Phi) is 6.58. The van der Waals surface area contributed by atoms with E-state index in [1.807, 2.05) is 35.1 Å². The maximum absolute atomic E-state index is 6.50. The van der Waals surface area contributed by atoms with Crippen molar-refractivity contribution in [1.29, 1.82) is 0 Å². The zero-order chi connectivity index (χ0) is 29.7. The van der Waals surface area contributed by atoms with E-state index < -0.39 is 0 Å². The fourth-order valence-electron chi connectivity index (χ4n) is 6.35. The Morgan fingerprint density at radius 1 is 0.698 bits per heavy atom. The molecule has 5 heteroatoms. The van der Waals surface area contributed by atoms with Crippen molar-refractivity contribution < 1.29 is 4.74 Å². The second-order valence-corrected chi connectivity index (χ2v) is 11.2. The highest BCUT2D eigenvalue weighted by molar-refractivity contribution is 6.09. The molecule has 0 aliphatic heterocycles. The Morgan fingerprint density at radius 2 is 1.49 bits per heavy atom. The topological polar surface area (TPSA) is 44.9 Å². The molecular formula is C38H34N4O. The van der Waals surface area contributed by atoms with Gasteiger partial charge in [-0.2, -0.15) is 5.10 Å². The zero-order valence-corrected chi connectivity index (χ0v) is 25.2. The standard InChI is InChI=1S/C38H34N4O/c1-6-28-12-9-11-25(3)37(28)38-26(4)40-42(27(38)5)29-13-10-14-30(22-29)43-31-17-18-33-32-15-7-8-16-34(32)41(35(33)23-31)36-21-24(2)19-20-39-36/h7-23H,6H2,1-5H3. The van der Waals surface area contributed by atoms with Crippen LogP contribution in [-0.4, -0.2) is 19.3 Å². The number of aromatic nitrogens is 4. The highest BCUT2D eigenvalue weighted by atomic mass is 16.5. The molecule has 0 amide bonds. The van der Waals surface area contributed by atoms with E-state index in [9.17, 15) is 0 Å². The molecule has 0 saturated heterocycles. The number of para-hydroxylation sites is 1. The Hall–Kier alpha value is -5.16. The third kappa shape index (κ3) is 4.58. The van der Waals surface area contributed by atoms with Crippen molar-refractivity contribution in [2.75, 3.05) is 0 Å². The minimum atomic E-state index is 0.757. The number of hydrogen-bond donors (Lipinski definition) is 0. The summed E-state index contributed by atoms with van der Waals surface area (Å²) in [5.74, 6) is 2.42. The molecule has 0 radical (unpaired) electrons. The van der Waals surface area contributed by atoms with Crippen molar-refractivity contribution in [1.82, 2.24) is 19.3 Å². The largest absolute Gasteiger partial charge is 0.457 e. The van der Waals surface area contributed by atoms with Crippen LogP contribution in [0.4, 0.5) is 0 Å². The number of aryl methyl sites for hydroxylation is 4. The molecule has 0 bridgehead atoms. The van der Waals surface area contributed by atoms with Crippen molar-refractivity contribution in [3.63, 3.8) is 0 Å². The number of ether oxygens (including phenoxy) is 1. The lowest BCUT2D eigenvalue weighted by molar-refractivity contribution is 0.483. The Balaban J connectivity index is 1.29. The van der Waals surface area contributed by atoms with Crippen molar-refractivity contribution in [2.24, 2.45) is 0 Å². The quantitative estimate of drug-likeness (QED) is 0.203. The summed E-state index contributed by atoms with van der Waals surface area (Å²) >= 11 is 0. The molecule has 0 fully saturated rings. The molecule has 4 aromatic carbocycles. The number of pyridine rings is 1. The molecule has 3 heterocycles. The first-order valence-corrected chi connectivity index (χ1v) is 14.8. The lowest BCUT2D eigenvalue weighted by Crippen LogP contribution is -2.00. The second kappa shape index (κ2) is 10.6. The summed E-state index contributed by atoms with van der Waals surface area (Å²) in [4.78, 5) is 4.71. The molecule has 7 rings (SSSR count). The van der Waals surface area contributed by atoms with Gasteiger partial charge in [0.05, 0.1) is 22.4 Å². The van der Waals surface area contributed by atoms with E-state index in [0.29, 0.717) is 0 Å². The number of rotatable bonds is 6. The average molecular weight is 563 g/mol. The Labute approximate surface area is 252 Å². The molecule has 7 aromatic rings. The van der Waals surface area contributed by atoms with Gasteiger partial charge in [-0.05, 0) is 98.8 Å². The summed E-state index contributed by atoms with van der Waals surface area (Å²) in [5, 5.41) is 7.34. The first kappa shape index (κ1) is 26.7. The number of fused-ring (bicyclic) bond motifs is 3. The van der Waals surface area contributed by atoms with Gasteiger partial charge in [0, 0.05) is 40.4 Å². The van der Waals surface area contributed by atoms with E-state index in [0.717, 1.165) is 57.2 Å². The van der Waals surface area contributed by atoms with Crippen molar-refractivity contribution >= 4 is 21.8 Å². The SMILES string of the molecule is CCc1cccc(C)c1-c1c(C)nn(-c2cccc(Oc3ccc4c5ccccc5n(-c5cc(C)ccn5)c4c3)c2)c1C. The highest BCUT2D eigenvalue weighted by Gasteiger charge is 2.19. The molecule has 0 aliphatic carbocycles. The smallest absolute Gasteiger partial charge is 0.137 e. The van der Waals surface area contributed by atoms with E-state index in [-0.39, 0.29) is 0 Å². The molecule has 3 aromatic heterocycles. The van der Waals surface area contributed by atoms with Gasteiger partial charge in [-0.15, -0.1) is 0 Å². The molecule has 0 spiro atoms. The van der Waals surface area contributed by atoms with E-state index in [2.05, 4.69) is 112 Å². The van der Waals surface area contributed by atoms with Crippen LogP contribution in [0.3, 0.4) is 0 Å². The van der Waals surface area contributed by atoms with Crippen LogP contribution in [-0.2, 0) is 6.42 Å². The fraction of sp³-hybridized carbons (Fsp3) is 0.158. The van der Waals surface area contributed by atoms with E-state index >= 15 is 0 Å². The van der Waals surface area contributed by atoms with Crippen LogP contribution < -0.4 is 4.74 Å². The summed E-state index contributed by atoms with van der Waals surface area (Å²) in [6, 6.07) is 33.6. The van der Waals surface area contributed by atoms with Crippen LogP contribution in [0, 0.1) is 27.7 Å². The normalized spacial score (nSPS) is 11.5. The van der Waals surface area contributed by atoms with Gasteiger partial charge in [0.1, 0.15) is 17.3 Å². The first-order chi connectivity index (χ1) is 20.9. The van der Waals surface area contributed by atoms with Gasteiger partial charge >= 0.3 is 0 Å². The molecule has 0 N–H and O–H groups in total. The van der Waals surface area contributed by atoms with Gasteiger partial charge in [0.25, 0.3) is 0 Å². The maximum Gasteiger partial charge on any atom is 0.137 e. The molecule has 5 nitrogen and oxygen atoms in total. The molecule has 0 atom stereocenters. The highest BCUT2D eigenvalue weighted by Crippen LogP contribution is 2.37. The van der Waals surface area contributed by atoms with Crippen LogP contribution in [0.15, 0.2) is 103 Å². The third-order valence-electron chi connectivity index (χ3n) is 8.35. The molecular weight excluding hydrogens is 528 g/mol. The lowest BCUT2D eigenvalue weighted by atomic mass is 9.92. The van der Waals surface area contributed by atoms with Gasteiger partial charge in [-0.1, -0.05) is 49.4 Å². The average Bonchev–Trinajstić information content (AvgIpc) is 3.50. The summed E-state index contributed by atoms with van der Waals surface area (Å²) < 4.78 is 10.8. The lowest BCUT2D eigenvalue weighted by Gasteiger charge is -2.13. The maximum atomic E-state index is 6.50. The van der Waals surface area contributed by atoms with Crippen LogP contribution >= 0.6 is 0 Å². The summed E-state index contributed by atoms with van der Waals surface area (Å²) in [5.41, 5.74) is 11.6. The summed E-state index contributed by atoms with van der Waals surface area (Å²) in [6.45, 7) is 10.7. The summed E-state index contributed by atoms with van der Waals surface area (Å²) in [7, 11) is 0. The van der Waals surface area contributed by atoms with Gasteiger partial charge in [0.15, 0.2) is 0 Å². The molecule has 0 unspecified atom stereocenters. The summed E-state index contributed by atoms with van der Waals surface area (Å²) in [6.07, 6.45) is 2.84. The van der Waals surface area contributed by atoms with Crippen LogP contribution in [0.5, 0.6) is 11.5 Å². The van der Waals surface area contributed by atoms with Gasteiger partial charge < -0.3 is 4.74 Å². The van der Waals surface area contributed by atoms with Crippen LogP contribution in [0.1, 0.15) is 35.0 Å². The third-order valence-corrected chi connectivity index (χ3v) is 8.35. The zero-order valence-electron chi connectivity index (χ0n) is 25.2. The minimum absolute atomic E-state index is 0.757.